The number of amides is 1. The Bertz CT molecular complexity index is 266. The second-order valence-electron chi connectivity index (χ2n) is 4.83. The molecule has 5 nitrogen and oxygen atoms in total. The molecule has 0 aromatic carbocycles. The molecule has 0 bridgehead atoms. The number of carbonyl (C=O) groups excluding carboxylic acids is 2. The molecule has 0 radical (unpaired) electrons. The zero-order valence-electron chi connectivity index (χ0n) is 12.3. The van der Waals surface area contributed by atoms with Gasteiger partial charge in [-0.05, 0) is 13.3 Å². The monoisotopic (exact) mass is 273 g/mol. The summed E-state index contributed by atoms with van der Waals surface area (Å²) in [4.78, 5) is 23.0. The molecule has 0 saturated heterocycles. The number of hydrogen-bond acceptors (Lipinski definition) is 4. The first-order valence-electron chi connectivity index (χ1n) is 7.08. The summed E-state index contributed by atoms with van der Waals surface area (Å²) in [5.74, 6) is -0.835. The standard InChI is InChI=1S/C14H27NO4/c1-4-5-6-7-8-9-10-12(17)15-13(11(2)16)14(18)19-3/h11,13,16H,4-10H2,1-3H3,(H,15,17)/t11-,13+/m1/s1. The lowest BCUT2D eigenvalue weighted by molar-refractivity contribution is -0.148. The van der Waals surface area contributed by atoms with Crippen molar-refractivity contribution in [1.82, 2.24) is 5.32 Å². The van der Waals surface area contributed by atoms with Gasteiger partial charge in [0.1, 0.15) is 0 Å². The Morgan fingerprint density at radius 2 is 1.74 bits per heavy atom. The smallest absolute Gasteiger partial charge is 0.331 e. The van der Waals surface area contributed by atoms with Gasteiger partial charge >= 0.3 is 5.97 Å². The number of esters is 1. The van der Waals surface area contributed by atoms with Gasteiger partial charge in [0.25, 0.3) is 0 Å². The molecule has 0 aliphatic carbocycles. The molecule has 0 unspecified atom stereocenters. The van der Waals surface area contributed by atoms with Crippen molar-refractivity contribution < 1.29 is 19.4 Å². The lowest BCUT2D eigenvalue weighted by Crippen LogP contribution is -2.48. The lowest BCUT2D eigenvalue weighted by Gasteiger charge is -2.18. The number of aliphatic hydroxyl groups excluding tert-OH is 1. The highest BCUT2D eigenvalue weighted by Crippen LogP contribution is 2.07. The third kappa shape index (κ3) is 8.59. The molecule has 1 amide bonds. The zero-order valence-corrected chi connectivity index (χ0v) is 12.3. The Hall–Kier alpha value is -1.10. The molecule has 0 spiro atoms. The van der Waals surface area contributed by atoms with E-state index in [2.05, 4.69) is 17.0 Å². The van der Waals surface area contributed by atoms with Gasteiger partial charge in [-0.25, -0.2) is 4.79 Å². The van der Waals surface area contributed by atoms with E-state index in [0.29, 0.717) is 6.42 Å². The first-order valence-corrected chi connectivity index (χ1v) is 7.08. The number of ether oxygens (including phenoxy) is 1. The first-order chi connectivity index (χ1) is 9.02. The normalized spacial score (nSPS) is 13.7. The van der Waals surface area contributed by atoms with Gasteiger partial charge in [0.15, 0.2) is 6.04 Å². The predicted octanol–water partition coefficient (Wildman–Crippen LogP) is 1.78. The third-order valence-corrected chi connectivity index (χ3v) is 3.01. The molecule has 2 atom stereocenters. The fraction of sp³-hybridized carbons (Fsp3) is 0.857. The Kier molecular flexibility index (Phi) is 10.2. The second-order valence-corrected chi connectivity index (χ2v) is 4.83. The van der Waals surface area contributed by atoms with Crippen molar-refractivity contribution in [2.75, 3.05) is 7.11 Å². The van der Waals surface area contributed by atoms with Gasteiger partial charge in [0, 0.05) is 6.42 Å². The second kappa shape index (κ2) is 10.8. The van der Waals surface area contributed by atoms with E-state index in [1.165, 1.54) is 33.3 Å². The maximum Gasteiger partial charge on any atom is 0.331 e. The fourth-order valence-corrected chi connectivity index (χ4v) is 1.81. The van der Waals surface area contributed by atoms with Crippen LogP contribution in [-0.2, 0) is 14.3 Å². The van der Waals surface area contributed by atoms with E-state index in [1.807, 2.05) is 0 Å². The van der Waals surface area contributed by atoms with E-state index in [1.54, 1.807) is 0 Å². The van der Waals surface area contributed by atoms with Crippen LogP contribution in [0.4, 0.5) is 0 Å². The molecule has 2 N–H and O–H groups in total. The molecule has 0 rings (SSSR count). The molecule has 0 aromatic heterocycles. The summed E-state index contributed by atoms with van der Waals surface area (Å²) in [6.45, 7) is 3.61. The van der Waals surface area contributed by atoms with Crippen LogP contribution in [0, 0.1) is 0 Å². The van der Waals surface area contributed by atoms with E-state index in [4.69, 9.17) is 0 Å². The summed E-state index contributed by atoms with van der Waals surface area (Å²) in [7, 11) is 1.23. The topological polar surface area (TPSA) is 75.6 Å². The van der Waals surface area contributed by atoms with Gasteiger partial charge in [-0.15, -0.1) is 0 Å². The van der Waals surface area contributed by atoms with Crippen LogP contribution in [0.3, 0.4) is 0 Å². The lowest BCUT2D eigenvalue weighted by atomic mass is 10.1. The van der Waals surface area contributed by atoms with Gasteiger partial charge in [0.05, 0.1) is 13.2 Å². The van der Waals surface area contributed by atoms with Crippen LogP contribution in [0.5, 0.6) is 0 Å². The Morgan fingerprint density at radius 1 is 1.16 bits per heavy atom. The van der Waals surface area contributed by atoms with Crippen molar-refractivity contribution in [3.05, 3.63) is 0 Å². The molecule has 0 fully saturated rings. The van der Waals surface area contributed by atoms with Crippen LogP contribution in [0.15, 0.2) is 0 Å². The highest BCUT2D eigenvalue weighted by Gasteiger charge is 2.25. The predicted molar refractivity (Wildman–Crippen MR) is 73.6 cm³/mol. The number of nitrogens with one attached hydrogen (secondary N) is 1. The van der Waals surface area contributed by atoms with Crippen LogP contribution in [0.25, 0.3) is 0 Å². The number of carbonyl (C=O) groups is 2. The van der Waals surface area contributed by atoms with E-state index in [9.17, 15) is 14.7 Å². The molecule has 19 heavy (non-hydrogen) atoms. The summed E-state index contributed by atoms with van der Waals surface area (Å²) >= 11 is 0. The molecule has 0 heterocycles. The average Bonchev–Trinajstić information content (AvgIpc) is 2.38. The number of methoxy groups -OCH3 is 1. The van der Waals surface area contributed by atoms with Crippen LogP contribution >= 0.6 is 0 Å². The molecule has 112 valence electrons. The third-order valence-electron chi connectivity index (χ3n) is 3.01. The van der Waals surface area contributed by atoms with E-state index >= 15 is 0 Å². The number of hydrogen-bond donors (Lipinski definition) is 2. The Morgan fingerprint density at radius 3 is 2.26 bits per heavy atom. The van der Waals surface area contributed by atoms with E-state index in [0.717, 1.165) is 19.3 Å². The molecule has 0 saturated carbocycles. The van der Waals surface area contributed by atoms with Crippen molar-refractivity contribution in [2.24, 2.45) is 0 Å². The largest absolute Gasteiger partial charge is 0.467 e. The van der Waals surface area contributed by atoms with E-state index in [-0.39, 0.29) is 5.91 Å². The minimum Gasteiger partial charge on any atom is -0.467 e. The van der Waals surface area contributed by atoms with Crippen molar-refractivity contribution in [2.45, 2.75) is 70.9 Å². The van der Waals surface area contributed by atoms with Crippen LogP contribution in [0.2, 0.25) is 0 Å². The van der Waals surface area contributed by atoms with Gasteiger partial charge < -0.3 is 15.2 Å². The molecular weight excluding hydrogens is 246 g/mol. The highest BCUT2D eigenvalue weighted by atomic mass is 16.5. The van der Waals surface area contributed by atoms with Gasteiger partial charge in [-0.3, -0.25) is 4.79 Å². The van der Waals surface area contributed by atoms with Gasteiger partial charge in [0.2, 0.25) is 5.91 Å². The Balaban J connectivity index is 3.85. The Labute approximate surface area is 115 Å². The number of unbranched alkanes of at least 4 members (excludes halogenated alkanes) is 5. The molecular formula is C14H27NO4. The SMILES string of the molecule is CCCCCCCCC(=O)N[C@H](C(=O)OC)[C@@H](C)O. The zero-order chi connectivity index (χ0) is 14.7. The molecule has 0 aromatic rings. The van der Waals surface area contributed by atoms with Gasteiger partial charge in [-0.1, -0.05) is 39.0 Å². The summed E-state index contributed by atoms with van der Waals surface area (Å²) in [6, 6.07) is -0.974. The van der Waals surface area contributed by atoms with E-state index < -0.39 is 18.1 Å². The van der Waals surface area contributed by atoms with Crippen molar-refractivity contribution in [1.29, 1.82) is 0 Å². The fourth-order valence-electron chi connectivity index (χ4n) is 1.81. The molecule has 0 aliphatic heterocycles. The minimum absolute atomic E-state index is 0.216. The maximum absolute atomic E-state index is 11.6. The highest BCUT2D eigenvalue weighted by molar-refractivity contribution is 5.84. The minimum atomic E-state index is -0.974. The van der Waals surface area contributed by atoms with Crippen LogP contribution in [-0.4, -0.2) is 36.2 Å². The van der Waals surface area contributed by atoms with Crippen LogP contribution < -0.4 is 5.32 Å². The number of rotatable bonds is 10. The van der Waals surface area contributed by atoms with Crippen LogP contribution in [0.1, 0.15) is 58.8 Å². The first kappa shape index (κ1) is 17.9. The maximum atomic E-state index is 11.6. The number of aliphatic hydroxyl groups is 1. The average molecular weight is 273 g/mol. The molecule has 5 heteroatoms. The van der Waals surface area contributed by atoms with Crippen molar-refractivity contribution in [3.8, 4) is 0 Å². The summed E-state index contributed by atoms with van der Waals surface area (Å²) in [5.41, 5.74) is 0. The summed E-state index contributed by atoms with van der Waals surface area (Å²) in [5, 5.41) is 11.9. The molecule has 0 aliphatic rings. The van der Waals surface area contributed by atoms with Crippen molar-refractivity contribution in [3.63, 3.8) is 0 Å². The summed E-state index contributed by atoms with van der Waals surface area (Å²) in [6.07, 6.45) is 6.03. The summed E-state index contributed by atoms with van der Waals surface area (Å²) < 4.78 is 4.53. The van der Waals surface area contributed by atoms with Gasteiger partial charge in [-0.2, -0.15) is 0 Å². The quantitative estimate of drug-likeness (QED) is 0.470. The van der Waals surface area contributed by atoms with Crippen molar-refractivity contribution >= 4 is 11.9 Å².